The minimum Gasteiger partial charge on any atom is -0.467 e. The van der Waals surface area contributed by atoms with E-state index < -0.39 is 0 Å². The molecule has 8 heteroatoms. The molecule has 1 atom stereocenters. The Hall–Kier alpha value is -2.35. The number of hydrogen-bond donors (Lipinski definition) is 1. The van der Waals surface area contributed by atoms with Crippen LogP contribution in [-0.4, -0.2) is 40.3 Å². The van der Waals surface area contributed by atoms with E-state index in [-0.39, 0.29) is 12.1 Å². The van der Waals surface area contributed by atoms with Gasteiger partial charge in [-0.05, 0) is 37.8 Å². The van der Waals surface area contributed by atoms with Gasteiger partial charge in [0.2, 0.25) is 0 Å². The van der Waals surface area contributed by atoms with Crippen molar-refractivity contribution in [3.05, 3.63) is 35.9 Å². The zero-order chi connectivity index (χ0) is 17.1. The van der Waals surface area contributed by atoms with Crippen LogP contribution in [0.5, 0.6) is 0 Å². The molecule has 1 aliphatic heterocycles. The molecule has 1 aliphatic carbocycles. The monoisotopic (exact) mass is 346 g/mol. The smallest absolute Gasteiger partial charge is 0.317 e. The number of aromatic nitrogens is 2. The van der Waals surface area contributed by atoms with Gasteiger partial charge in [-0.2, -0.15) is 4.98 Å². The Labute approximate surface area is 145 Å². The van der Waals surface area contributed by atoms with Gasteiger partial charge in [-0.15, -0.1) is 0 Å². The van der Waals surface area contributed by atoms with Gasteiger partial charge >= 0.3 is 6.03 Å². The van der Waals surface area contributed by atoms with Gasteiger partial charge in [-0.3, -0.25) is 0 Å². The summed E-state index contributed by atoms with van der Waals surface area (Å²) >= 11 is 0. The Bertz CT molecular complexity index is 695. The predicted octanol–water partition coefficient (Wildman–Crippen LogP) is 2.43. The highest BCUT2D eigenvalue weighted by molar-refractivity contribution is 5.74. The summed E-state index contributed by atoms with van der Waals surface area (Å²) in [7, 11) is 0. The molecular formula is C17H22N4O4. The van der Waals surface area contributed by atoms with Crippen molar-refractivity contribution in [2.24, 2.45) is 0 Å². The molecule has 0 bridgehead atoms. The third kappa shape index (κ3) is 4.19. The Morgan fingerprint density at radius 1 is 1.40 bits per heavy atom. The fourth-order valence-corrected chi connectivity index (χ4v) is 2.97. The molecule has 1 N–H and O–H groups in total. The highest BCUT2D eigenvalue weighted by atomic mass is 16.5. The Morgan fingerprint density at radius 3 is 3.12 bits per heavy atom. The number of carbonyl (C=O) groups is 1. The summed E-state index contributed by atoms with van der Waals surface area (Å²) in [5, 5.41) is 6.85. The molecule has 3 heterocycles. The molecule has 4 rings (SSSR count). The lowest BCUT2D eigenvalue weighted by Gasteiger charge is -2.32. The van der Waals surface area contributed by atoms with Crippen molar-refractivity contribution < 1.29 is 18.5 Å². The van der Waals surface area contributed by atoms with Crippen LogP contribution in [0.3, 0.4) is 0 Å². The van der Waals surface area contributed by atoms with E-state index in [4.69, 9.17) is 13.7 Å². The molecule has 25 heavy (non-hydrogen) atoms. The lowest BCUT2D eigenvalue weighted by Crippen LogP contribution is -2.47. The van der Waals surface area contributed by atoms with Crippen molar-refractivity contribution in [1.82, 2.24) is 20.4 Å². The van der Waals surface area contributed by atoms with Crippen molar-refractivity contribution in [2.45, 2.75) is 50.9 Å². The molecule has 2 aromatic rings. The summed E-state index contributed by atoms with van der Waals surface area (Å²) in [6.45, 7) is 1.98. The quantitative estimate of drug-likeness (QED) is 0.863. The van der Waals surface area contributed by atoms with Crippen LogP contribution in [0, 0.1) is 0 Å². The minimum atomic E-state index is -0.0986. The first kappa shape index (κ1) is 16.1. The summed E-state index contributed by atoms with van der Waals surface area (Å²) in [6.07, 6.45) is 5.70. The zero-order valence-electron chi connectivity index (χ0n) is 14.0. The van der Waals surface area contributed by atoms with Gasteiger partial charge in [0.15, 0.2) is 5.82 Å². The molecule has 0 unspecified atom stereocenters. The van der Waals surface area contributed by atoms with Crippen LogP contribution in [0.1, 0.15) is 49.1 Å². The highest BCUT2D eigenvalue weighted by Crippen LogP contribution is 2.38. The van der Waals surface area contributed by atoms with Gasteiger partial charge < -0.3 is 23.9 Å². The number of piperidine rings is 1. The van der Waals surface area contributed by atoms with E-state index in [0.29, 0.717) is 31.5 Å². The van der Waals surface area contributed by atoms with Crippen molar-refractivity contribution in [3.63, 3.8) is 0 Å². The normalized spacial score (nSPS) is 20.6. The molecule has 2 fully saturated rings. The van der Waals surface area contributed by atoms with Crippen molar-refractivity contribution in [2.75, 3.05) is 13.1 Å². The van der Waals surface area contributed by atoms with E-state index in [1.54, 1.807) is 17.2 Å². The number of rotatable bonds is 6. The molecule has 8 nitrogen and oxygen atoms in total. The molecular weight excluding hydrogens is 324 g/mol. The van der Waals surface area contributed by atoms with Crippen molar-refractivity contribution in [3.8, 4) is 0 Å². The second kappa shape index (κ2) is 7.26. The van der Waals surface area contributed by atoms with Crippen molar-refractivity contribution >= 4 is 6.03 Å². The molecule has 0 spiro atoms. The van der Waals surface area contributed by atoms with Crippen LogP contribution < -0.4 is 5.32 Å². The van der Waals surface area contributed by atoms with Crippen molar-refractivity contribution in [1.29, 1.82) is 0 Å². The summed E-state index contributed by atoms with van der Waals surface area (Å²) in [4.78, 5) is 18.4. The number of hydrogen-bond acceptors (Lipinski definition) is 6. The van der Waals surface area contributed by atoms with E-state index in [1.807, 2.05) is 6.07 Å². The number of nitrogens with zero attached hydrogens (tertiary/aromatic N) is 3. The number of likely N-dealkylation sites (tertiary alicyclic amines) is 1. The minimum absolute atomic E-state index is 0.0145. The average molecular weight is 346 g/mol. The van der Waals surface area contributed by atoms with Crippen LogP contribution in [0.15, 0.2) is 27.3 Å². The second-order valence-corrected chi connectivity index (χ2v) is 6.58. The van der Waals surface area contributed by atoms with E-state index >= 15 is 0 Å². The van der Waals surface area contributed by atoms with Gasteiger partial charge in [0.1, 0.15) is 12.4 Å². The summed E-state index contributed by atoms with van der Waals surface area (Å²) < 4.78 is 16.3. The van der Waals surface area contributed by atoms with Crippen LogP contribution in [0.25, 0.3) is 0 Å². The summed E-state index contributed by atoms with van der Waals surface area (Å²) in [5.74, 6) is 2.52. The molecule has 1 saturated heterocycles. The fraction of sp³-hybridized carbons (Fsp3) is 0.588. The number of urea groups is 1. The van der Waals surface area contributed by atoms with Gasteiger partial charge in [-0.1, -0.05) is 5.16 Å². The highest BCUT2D eigenvalue weighted by Gasteiger charge is 2.29. The molecule has 1 saturated carbocycles. The lowest BCUT2D eigenvalue weighted by atomic mass is 10.1. The number of nitrogens with one attached hydrogen (secondary N) is 1. The molecule has 0 radical (unpaired) electrons. The van der Waals surface area contributed by atoms with Gasteiger partial charge in [-0.25, -0.2) is 4.79 Å². The molecule has 2 amide bonds. The number of ether oxygens (including phenoxy) is 1. The van der Waals surface area contributed by atoms with E-state index in [1.165, 1.54) is 0 Å². The Morgan fingerprint density at radius 2 is 2.32 bits per heavy atom. The first-order valence-corrected chi connectivity index (χ1v) is 8.77. The molecule has 0 aromatic carbocycles. The SMILES string of the molecule is O=C(NCc1ccco1)N1CCC[C@@H](OCc2nc(C3CC3)no2)C1. The molecule has 134 valence electrons. The van der Waals surface area contributed by atoms with E-state index in [9.17, 15) is 4.79 Å². The van der Waals surface area contributed by atoms with Crippen LogP contribution in [0.4, 0.5) is 4.79 Å². The van der Waals surface area contributed by atoms with Crippen LogP contribution >= 0.6 is 0 Å². The topological polar surface area (TPSA) is 93.6 Å². The molecule has 2 aliphatic rings. The number of furan rings is 1. The van der Waals surface area contributed by atoms with Crippen LogP contribution in [-0.2, 0) is 17.9 Å². The second-order valence-electron chi connectivity index (χ2n) is 6.58. The maximum atomic E-state index is 12.3. The lowest BCUT2D eigenvalue weighted by molar-refractivity contribution is -0.0104. The Kier molecular flexibility index (Phi) is 4.69. The molecule has 2 aromatic heterocycles. The summed E-state index contributed by atoms with van der Waals surface area (Å²) in [5.41, 5.74) is 0. The third-order valence-electron chi connectivity index (χ3n) is 4.53. The number of amides is 2. The van der Waals surface area contributed by atoms with E-state index in [2.05, 4.69) is 15.5 Å². The van der Waals surface area contributed by atoms with Gasteiger partial charge in [0, 0.05) is 19.0 Å². The van der Waals surface area contributed by atoms with E-state index in [0.717, 1.165) is 43.8 Å². The third-order valence-corrected chi connectivity index (χ3v) is 4.53. The zero-order valence-corrected chi connectivity index (χ0v) is 14.0. The van der Waals surface area contributed by atoms with Gasteiger partial charge in [0.05, 0.1) is 18.9 Å². The first-order chi connectivity index (χ1) is 12.3. The van der Waals surface area contributed by atoms with Crippen LogP contribution in [0.2, 0.25) is 0 Å². The average Bonchev–Trinajstić information content (AvgIpc) is 3.16. The predicted molar refractivity (Wildman–Crippen MR) is 86.6 cm³/mol. The fourth-order valence-electron chi connectivity index (χ4n) is 2.97. The van der Waals surface area contributed by atoms with Gasteiger partial charge in [0.25, 0.3) is 5.89 Å². The standard InChI is InChI=1S/C17H22N4O4/c22-17(18-9-13-4-2-8-23-13)21-7-1-3-14(10-21)24-11-15-19-16(20-25-15)12-5-6-12/h2,4,8,12,14H,1,3,5-7,9-11H2,(H,18,22)/t14-/m1/s1. The maximum Gasteiger partial charge on any atom is 0.317 e. The number of carbonyl (C=O) groups excluding carboxylic acids is 1. The Balaban J connectivity index is 1.23. The largest absolute Gasteiger partial charge is 0.467 e. The first-order valence-electron chi connectivity index (χ1n) is 8.77. The summed E-state index contributed by atoms with van der Waals surface area (Å²) in [6, 6.07) is 3.54. The maximum absolute atomic E-state index is 12.3.